The zero-order valence-corrected chi connectivity index (χ0v) is 14.9. The van der Waals surface area contributed by atoms with Crippen molar-refractivity contribution in [3.63, 3.8) is 0 Å². The minimum atomic E-state index is -0.0943. The maximum Gasteiger partial charge on any atom is 0.220 e. The van der Waals surface area contributed by atoms with Gasteiger partial charge in [0.25, 0.3) is 0 Å². The van der Waals surface area contributed by atoms with Crippen molar-refractivity contribution in [2.75, 3.05) is 0 Å². The molecule has 0 aromatic carbocycles. The van der Waals surface area contributed by atoms with Gasteiger partial charge in [-0.05, 0) is 29.5 Å². The van der Waals surface area contributed by atoms with Crippen molar-refractivity contribution in [2.45, 2.75) is 32.7 Å². The molecule has 0 radical (unpaired) electrons. The lowest BCUT2D eigenvalue weighted by Crippen LogP contribution is -2.31. The number of carbonyl (C=O) groups excluding carboxylic acids is 2. The number of rotatable bonds is 7. The molecule has 22 heavy (non-hydrogen) atoms. The summed E-state index contributed by atoms with van der Waals surface area (Å²) in [6.07, 6.45) is 0.404. The topological polar surface area (TPSA) is 46.2 Å². The van der Waals surface area contributed by atoms with Crippen LogP contribution in [0.1, 0.15) is 47.3 Å². The van der Waals surface area contributed by atoms with Crippen molar-refractivity contribution in [1.82, 2.24) is 5.32 Å². The van der Waals surface area contributed by atoms with Crippen LogP contribution in [0.4, 0.5) is 0 Å². The largest absolute Gasteiger partial charge is 0.348 e. The van der Waals surface area contributed by atoms with Gasteiger partial charge in [-0.25, -0.2) is 0 Å². The lowest BCUT2D eigenvalue weighted by molar-refractivity contribution is -0.122. The number of amides is 1. The molecule has 0 aliphatic heterocycles. The average molecular weight is 356 g/mol. The third-order valence-electron chi connectivity index (χ3n) is 3.26. The molecule has 2 heterocycles. The minimum absolute atomic E-state index is 0.00113. The summed E-state index contributed by atoms with van der Waals surface area (Å²) < 4.78 is 0.588. The van der Waals surface area contributed by atoms with E-state index in [-0.39, 0.29) is 30.6 Å². The smallest absolute Gasteiger partial charge is 0.220 e. The summed E-state index contributed by atoms with van der Waals surface area (Å²) in [5.41, 5.74) is 0. The van der Waals surface area contributed by atoms with E-state index >= 15 is 0 Å². The van der Waals surface area contributed by atoms with Crippen LogP contribution in [-0.4, -0.2) is 11.7 Å². The van der Waals surface area contributed by atoms with Crippen molar-refractivity contribution >= 4 is 46.0 Å². The van der Waals surface area contributed by atoms with Crippen molar-refractivity contribution in [2.24, 2.45) is 5.92 Å². The monoisotopic (exact) mass is 355 g/mol. The first-order valence-electron chi connectivity index (χ1n) is 7.08. The molecule has 2 aromatic heterocycles. The summed E-state index contributed by atoms with van der Waals surface area (Å²) >= 11 is 8.70. The van der Waals surface area contributed by atoms with Crippen molar-refractivity contribution in [1.29, 1.82) is 0 Å². The second-order valence-electron chi connectivity index (χ2n) is 5.33. The average Bonchev–Trinajstić information content (AvgIpc) is 3.13. The van der Waals surface area contributed by atoms with Gasteiger partial charge in [0.1, 0.15) is 0 Å². The molecule has 0 fully saturated rings. The molecule has 2 aromatic rings. The number of nitrogens with one attached hydrogen (secondary N) is 1. The van der Waals surface area contributed by atoms with Crippen LogP contribution >= 0.6 is 34.3 Å². The van der Waals surface area contributed by atoms with Gasteiger partial charge in [0, 0.05) is 17.7 Å². The molecular weight excluding hydrogens is 338 g/mol. The Hall–Kier alpha value is -1.17. The second kappa shape index (κ2) is 7.90. The fourth-order valence-corrected chi connectivity index (χ4v) is 4.05. The van der Waals surface area contributed by atoms with Crippen molar-refractivity contribution in [3.05, 3.63) is 43.7 Å². The van der Waals surface area contributed by atoms with Gasteiger partial charge in [-0.3, -0.25) is 9.59 Å². The highest BCUT2D eigenvalue weighted by Gasteiger charge is 2.20. The quantitative estimate of drug-likeness (QED) is 0.715. The van der Waals surface area contributed by atoms with Gasteiger partial charge in [-0.1, -0.05) is 31.5 Å². The van der Waals surface area contributed by atoms with E-state index < -0.39 is 0 Å². The number of thiophene rings is 2. The molecule has 0 saturated carbocycles. The molecular formula is C16H18ClNO2S2. The lowest BCUT2D eigenvalue weighted by Gasteiger charge is -2.21. The van der Waals surface area contributed by atoms with Crippen molar-refractivity contribution < 1.29 is 9.59 Å². The lowest BCUT2D eigenvalue weighted by atomic mass is 10.0. The van der Waals surface area contributed by atoms with E-state index in [2.05, 4.69) is 19.2 Å². The summed E-state index contributed by atoms with van der Waals surface area (Å²) in [6.45, 7) is 4.15. The van der Waals surface area contributed by atoms with E-state index in [1.165, 1.54) is 11.3 Å². The fraction of sp³-hybridized carbons (Fsp3) is 0.375. The van der Waals surface area contributed by atoms with Gasteiger partial charge in [0.2, 0.25) is 5.91 Å². The molecule has 2 rings (SSSR count). The minimum Gasteiger partial charge on any atom is -0.348 e. The first-order chi connectivity index (χ1) is 10.5. The number of halogens is 1. The summed E-state index contributed by atoms with van der Waals surface area (Å²) in [6, 6.07) is 7.40. The predicted molar refractivity (Wildman–Crippen MR) is 92.9 cm³/mol. The highest BCUT2D eigenvalue weighted by Crippen LogP contribution is 2.26. The van der Waals surface area contributed by atoms with Gasteiger partial charge < -0.3 is 5.32 Å². The molecule has 0 spiro atoms. The maximum atomic E-state index is 12.1. The molecule has 118 valence electrons. The Bertz CT molecular complexity index is 634. The summed E-state index contributed by atoms with van der Waals surface area (Å²) in [7, 11) is 0. The Morgan fingerprint density at radius 2 is 2.00 bits per heavy atom. The van der Waals surface area contributed by atoms with Gasteiger partial charge in [-0.2, -0.15) is 0 Å². The SMILES string of the molecule is CC(C)C(NC(=O)CCC(=O)c1ccc(Cl)s1)c1cccs1. The number of ketones is 1. The molecule has 0 aliphatic carbocycles. The number of hydrogen-bond donors (Lipinski definition) is 1. The van der Waals surface area contributed by atoms with E-state index in [0.29, 0.717) is 15.1 Å². The summed E-state index contributed by atoms with van der Waals surface area (Å²) in [5, 5.41) is 5.03. The van der Waals surface area contributed by atoms with E-state index in [0.717, 1.165) is 4.88 Å². The Kier molecular flexibility index (Phi) is 6.17. The van der Waals surface area contributed by atoms with Crippen LogP contribution in [0.15, 0.2) is 29.6 Å². The first-order valence-corrected chi connectivity index (χ1v) is 9.16. The summed E-state index contributed by atoms with van der Waals surface area (Å²) in [4.78, 5) is 25.8. The van der Waals surface area contributed by atoms with Crippen LogP contribution in [0.25, 0.3) is 0 Å². The van der Waals surface area contributed by atoms with Crippen LogP contribution in [0.3, 0.4) is 0 Å². The molecule has 1 unspecified atom stereocenters. The highest BCUT2D eigenvalue weighted by atomic mass is 35.5. The normalized spacial score (nSPS) is 12.4. The Balaban J connectivity index is 1.88. The standard InChI is InChI=1S/C16H18ClNO2S2/c1-10(2)16(13-4-3-9-21-13)18-15(20)8-5-11(19)12-6-7-14(17)22-12/h3-4,6-7,9-10,16H,5,8H2,1-2H3,(H,18,20). The zero-order chi connectivity index (χ0) is 16.1. The van der Waals surface area contributed by atoms with Gasteiger partial charge in [0.15, 0.2) is 5.78 Å². The van der Waals surface area contributed by atoms with E-state index in [4.69, 9.17) is 11.6 Å². The number of Topliss-reactive ketones (excluding diaryl/α,β-unsaturated/α-hetero) is 1. The molecule has 3 nitrogen and oxygen atoms in total. The number of carbonyl (C=O) groups is 2. The highest BCUT2D eigenvalue weighted by molar-refractivity contribution is 7.18. The van der Waals surface area contributed by atoms with Gasteiger partial charge in [0.05, 0.1) is 15.3 Å². The van der Waals surface area contributed by atoms with E-state index in [9.17, 15) is 9.59 Å². The third kappa shape index (κ3) is 4.66. The maximum absolute atomic E-state index is 12.1. The Labute approximate surface area is 143 Å². The molecule has 0 aliphatic rings. The Morgan fingerprint density at radius 3 is 2.55 bits per heavy atom. The fourth-order valence-electron chi connectivity index (χ4n) is 2.09. The first kappa shape index (κ1) is 17.2. The molecule has 1 amide bonds. The van der Waals surface area contributed by atoms with Crippen molar-refractivity contribution in [3.8, 4) is 0 Å². The molecule has 0 saturated heterocycles. The molecule has 6 heteroatoms. The van der Waals surface area contributed by atoms with Crippen LogP contribution in [0.2, 0.25) is 4.34 Å². The van der Waals surface area contributed by atoms with Crippen LogP contribution in [0, 0.1) is 5.92 Å². The van der Waals surface area contributed by atoms with Crippen LogP contribution in [-0.2, 0) is 4.79 Å². The third-order valence-corrected chi connectivity index (χ3v) is 5.49. The van der Waals surface area contributed by atoms with Crippen LogP contribution < -0.4 is 5.32 Å². The van der Waals surface area contributed by atoms with Gasteiger partial charge in [-0.15, -0.1) is 22.7 Å². The summed E-state index contributed by atoms with van der Waals surface area (Å²) in [5.74, 6) is 0.168. The molecule has 1 N–H and O–H groups in total. The molecule has 1 atom stereocenters. The Morgan fingerprint density at radius 1 is 1.23 bits per heavy atom. The second-order valence-corrected chi connectivity index (χ2v) is 8.03. The van der Waals surface area contributed by atoms with E-state index in [1.54, 1.807) is 23.5 Å². The van der Waals surface area contributed by atoms with Gasteiger partial charge >= 0.3 is 0 Å². The zero-order valence-electron chi connectivity index (χ0n) is 12.5. The van der Waals surface area contributed by atoms with Crippen LogP contribution in [0.5, 0.6) is 0 Å². The van der Waals surface area contributed by atoms with E-state index in [1.807, 2.05) is 17.5 Å². The predicted octanol–water partition coefficient (Wildman–Crippen LogP) is 4.94. The molecule has 0 bridgehead atoms. The number of hydrogen-bond acceptors (Lipinski definition) is 4.